The van der Waals surface area contributed by atoms with Crippen LogP contribution in [0.25, 0.3) is 17.0 Å². The predicted molar refractivity (Wildman–Crippen MR) is 131 cm³/mol. The monoisotopic (exact) mass is 463 g/mol. The first kappa shape index (κ1) is 22.5. The van der Waals surface area contributed by atoms with E-state index in [1.54, 1.807) is 13.2 Å². The van der Waals surface area contributed by atoms with Crippen LogP contribution in [0.15, 0.2) is 60.3 Å². The van der Waals surface area contributed by atoms with Crippen LogP contribution in [0.5, 0.6) is 11.5 Å². The normalized spacial score (nSPS) is 15.3. The van der Waals surface area contributed by atoms with Crippen LogP contribution in [0.4, 0.5) is 0 Å². The number of carbonyl (C=O) groups is 2. The van der Waals surface area contributed by atoms with Gasteiger partial charge in [0.15, 0.2) is 16.6 Å². The molecule has 33 heavy (non-hydrogen) atoms. The largest absolute Gasteiger partial charge is 0.493 e. The Hall–Kier alpha value is -3.65. The number of methoxy groups -OCH3 is 1. The lowest BCUT2D eigenvalue weighted by molar-refractivity contribution is -0.128. The molecule has 4 rings (SSSR count). The maximum absolute atomic E-state index is 12.8. The third-order valence-electron chi connectivity index (χ3n) is 5.49. The zero-order valence-corrected chi connectivity index (χ0v) is 19.4. The van der Waals surface area contributed by atoms with E-state index >= 15 is 0 Å². The molecule has 1 N–H and O–H groups in total. The van der Waals surface area contributed by atoms with Gasteiger partial charge >= 0.3 is 0 Å². The maximum atomic E-state index is 12.8. The lowest BCUT2D eigenvalue weighted by Crippen LogP contribution is -2.53. The number of fused-ring (bicyclic) bond motifs is 1. The summed E-state index contributed by atoms with van der Waals surface area (Å²) in [6, 6.07) is 15.5. The summed E-state index contributed by atoms with van der Waals surface area (Å²) in [4.78, 5) is 26.7. The SMILES string of the molecule is CCN1C(=O)/C(=C/c2cn(CCCOc3ccccc3OC)c3ccccc23)C(=O)NC1=S. The number of hydrogen-bond donors (Lipinski definition) is 1. The number of para-hydroxylation sites is 3. The van der Waals surface area contributed by atoms with Crippen LogP contribution in [-0.2, 0) is 16.1 Å². The highest BCUT2D eigenvalue weighted by Gasteiger charge is 2.32. The molecule has 2 aromatic carbocycles. The van der Waals surface area contributed by atoms with Crippen molar-refractivity contribution in [3.8, 4) is 11.5 Å². The van der Waals surface area contributed by atoms with Crippen molar-refractivity contribution >= 4 is 46.1 Å². The van der Waals surface area contributed by atoms with Crippen LogP contribution in [0.3, 0.4) is 0 Å². The van der Waals surface area contributed by atoms with Crippen LogP contribution >= 0.6 is 12.2 Å². The lowest BCUT2D eigenvalue weighted by Gasteiger charge is -2.27. The van der Waals surface area contributed by atoms with Crippen molar-refractivity contribution in [2.45, 2.75) is 19.9 Å². The molecule has 1 aromatic heterocycles. The van der Waals surface area contributed by atoms with E-state index in [0.717, 1.165) is 22.9 Å². The van der Waals surface area contributed by atoms with Gasteiger partial charge in [0, 0.05) is 35.8 Å². The van der Waals surface area contributed by atoms with Crippen molar-refractivity contribution in [1.29, 1.82) is 0 Å². The summed E-state index contributed by atoms with van der Waals surface area (Å²) in [6.45, 7) is 3.44. The average molecular weight is 464 g/mol. The fourth-order valence-corrected chi connectivity index (χ4v) is 4.17. The second-order valence-electron chi connectivity index (χ2n) is 7.51. The first-order valence-electron chi connectivity index (χ1n) is 10.8. The summed E-state index contributed by atoms with van der Waals surface area (Å²) in [5.74, 6) is 0.557. The van der Waals surface area contributed by atoms with Crippen molar-refractivity contribution < 1.29 is 19.1 Å². The summed E-state index contributed by atoms with van der Waals surface area (Å²) in [7, 11) is 1.62. The van der Waals surface area contributed by atoms with Gasteiger partial charge in [0.2, 0.25) is 0 Å². The Morgan fingerprint density at radius 2 is 1.79 bits per heavy atom. The smallest absolute Gasteiger partial charge is 0.265 e. The van der Waals surface area contributed by atoms with Gasteiger partial charge in [-0.25, -0.2) is 0 Å². The highest BCUT2D eigenvalue weighted by atomic mass is 32.1. The maximum Gasteiger partial charge on any atom is 0.265 e. The highest BCUT2D eigenvalue weighted by Crippen LogP contribution is 2.27. The van der Waals surface area contributed by atoms with E-state index in [0.29, 0.717) is 31.2 Å². The van der Waals surface area contributed by atoms with E-state index in [4.69, 9.17) is 21.7 Å². The minimum absolute atomic E-state index is 0.0767. The zero-order valence-electron chi connectivity index (χ0n) is 18.5. The van der Waals surface area contributed by atoms with E-state index in [-0.39, 0.29) is 16.6 Å². The molecular formula is C25H25N3O4S. The number of nitrogens with one attached hydrogen (secondary N) is 1. The van der Waals surface area contributed by atoms with Gasteiger partial charge in [-0.2, -0.15) is 0 Å². The summed E-state index contributed by atoms with van der Waals surface area (Å²) in [5, 5.41) is 3.70. The molecule has 1 saturated heterocycles. The molecule has 1 aliphatic rings. The number of ether oxygens (including phenoxy) is 2. The van der Waals surface area contributed by atoms with Gasteiger partial charge in [0.25, 0.3) is 11.8 Å². The van der Waals surface area contributed by atoms with Crippen LogP contribution in [0.2, 0.25) is 0 Å². The van der Waals surface area contributed by atoms with E-state index in [1.165, 1.54) is 4.90 Å². The Balaban J connectivity index is 1.54. The van der Waals surface area contributed by atoms with Crippen molar-refractivity contribution in [3.63, 3.8) is 0 Å². The number of carbonyl (C=O) groups excluding carboxylic acids is 2. The molecule has 0 spiro atoms. The number of aryl methyl sites for hydroxylation is 1. The molecular weight excluding hydrogens is 438 g/mol. The molecule has 8 heteroatoms. The van der Waals surface area contributed by atoms with Crippen molar-refractivity contribution in [2.75, 3.05) is 20.3 Å². The number of amides is 2. The van der Waals surface area contributed by atoms with Crippen LogP contribution < -0.4 is 14.8 Å². The van der Waals surface area contributed by atoms with Crippen molar-refractivity contribution in [3.05, 3.63) is 65.9 Å². The Morgan fingerprint density at radius 3 is 2.55 bits per heavy atom. The minimum atomic E-state index is -0.475. The van der Waals surface area contributed by atoms with Gasteiger partial charge in [-0.15, -0.1) is 0 Å². The Bertz CT molecular complexity index is 1250. The van der Waals surface area contributed by atoms with E-state index in [1.807, 2.05) is 61.7 Å². The number of nitrogens with zero attached hydrogens (tertiary/aromatic N) is 2. The molecule has 2 heterocycles. The molecule has 1 aliphatic heterocycles. The number of hydrogen-bond acceptors (Lipinski definition) is 5. The summed E-state index contributed by atoms with van der Waals surface area (Å²) in [6.07, 6.45) is 4.38. The summed E-state index contributed by atoms with van der Waals surface area (Å²) >= 11 is 5.11. The molecule has 0 aliphatic carbocycles. The molecule has 0 saturated carbocycles. The zero-order chi connectivity index (χ0) is 23.4. The van der Waals surface area contributed by atoms with E-state index in [2.05, 4.69) is 9.88 Å². The van der Waals surface area contributed by atoms with Gasteiger partial charge < -0.3 is 14.0 Å². The topological polar surface area (TPSA) is 72.8 Å². The molecule has 0 atom stereocenters. The second kappa shape index (κ2) is 9.87. The highest BCUT2D eigenvalue weighted by molar-refractivity contribution is 7.80. The van der Waals surface area contributed by atoms with Gasteiger partial charge in [0.05, 0.1) is 13.7 Å². The van der Waals surface area contributed by atoms with E-state index < -0.39 is 5.91 Å². The van der Waals surface area contributed by atoms with E-state index in [9.17, 15) is 9.59 Å². The number of rotatable bonds is 8. The Labute approximate surface area is 197 Å². The fourth-order valence-electron chi connectivity index (χ4n) is 3.87. The number of aromatic nitrogens is 1. The van der Waals surface area contributed by atoms with Gasteiger partial charge in [0.1, 0.15) is 5.57 Å². The van der Waals surface area contributed by atoms with Crippen LogP contribution in [0.1, 0.15) is 18.9 Å². The number of likely N-dealkylation sites (N-methyl/N-ethyl adjacent to an activating group) is 1. The summed E-state index contributed by atoms with van der Waals surface area (Å²) < 4.78 is 13.3. The van der Waals surface area contributed by atoms with Gasteiger partial charge in [-0.05, 0) is 49.8 Å². The Morgan fingerprint density at radius 1 is 1.06 bits per heavy atom. The van der Waals surface area contributed by atoms with Crippen molar-refractivity contribution in [1.82, 2.24) is 14.8 Å². The molecule has 0 bridgehead atoms. The third kappa shape index (κ3) is 4.61. The predicted octanol–water partition coefficient (Wildman–Crippen LogP) is 3.77. The number of thiocarbonyl (C=S) groups is 1. The number of benzene rings is 2. The molecule has 3 aromatic rings. The average Bonchev–Trinajstić information content (AvgIpc) is 3.17. The molecule has 7 nitrogen and oxygen atoms in total. The lowest BCUT2D eigenvalue weighted by atomic mass is 10.1. The standard InChI is InChI=1S/C25H25N3O4S/c1-3-28-24(30)19(23(29)26-25(28)33)15-17-16-27(20-10-5-4-9-18(17)20)13-8-14-32-22-12-7-6-11-21(22)31-2/h4-7,9-12,15-16H,3,8,13-14H2,1-2H3,(H,26,29,33)/b19-15+. The van der Waals surface area contributed by atoms with Crippen molar-refractivity contribution in [2.24, 2.45) is 0 Å². The van der Waals surface area contributed by atoms with Gasteiger partial charge in [-0.3, -0.25) is 19.8 Å². The quantitative estimate of drug-likeness (QED) is 0.238. The van der Waals surface area contributed by atoms with Crippen LogP contribution in [-0.4, -0.2) is 46.7 Å². The minimum Gasteiger partial charge on any atom is -0.493 e. The summed E-state index contributed by atoms with van der Waals surface area (Å²) in [5.41, 5.74) is 1.90. The molecule has 2 amide bonds. The first-order valence-corrected chi connectivity index (χ1v) is 11.2. The molecule has 0 radical (unpaired) electrons. The molecule has 1 fully saturated rings. The second-order valence-corrected chi connectivity index (χ2v) is 7.90. The Kier molecular flexibility index (Phi) is 6.74. The third-order valence-corrected chi connectivity index (χ3v) is 5.81. The molecule has 0 unspecified atom stereocenters. The first-order chi connectivity index (χ1) is 16.0. The molecule has 170 valence electrons. The van der Waals surface area contributed by atoms with Gasteiger partial charge in [-0.1, -0.05) is 30.3 Å². The fraction of sp³-hybridized carbons (Fsp3) is 0.240. The van der Waals surface area contributed by atoms with Crippen LogP contribution in [0, 0.1) is 0 Å².